The van der Waals surface area contributed by atoms with Gasteiger partial charge in [-0.1, -0.05) is 18.2 Å². The molecule has 1 saturated heterocycles. The van der Waals surface area contributed by atoms with E-state index < -0.39 is 0 Å². The predicted octanol–water partition coefficient (Wildman–Crippen LogP) is 3.32. The number of ether oxygens (including phenoxy) is 1. The first kappa shape index (κ1) is 17.4. The molecule has 5 nitrogen and oxygen atoms in total. The van der Waals surface area contributed by atoms with E-state index in [9.17, 15) is 4.79 Å². The van der Waals surface area contributed by atoms with Crippen molar-refractivity contribution in [1.29, 1.82) is 0 Å². The zero-order valence-corrected chi connectivity index (χ0v) is 13.8. The number of rotatable bonds is 4. The maximum absolute atomic E-state index is 12.5. The van der Waals surface area contributed by atoms with Crippen LogP contribution in [0.3, 0.4) is 0 Å². The molecule has 6 heteroatoms. The highest BCUT2D eigenvalue weighted by Crippen LogP contribution is 2.24. The summed E-state index contributed by atoms with van der Waals surface area (Å²) in [5, 5.41) is 3.23. The van der Waals surface area contributed by atoms with Crippen molar-refractivity contribution in [3.8, 4) is 11.7 Å². The Morgan fingerprint density at radius 2 is 2.04 bits per heavy atom. The van der Waals surface area contributed by atoms with Gasteiger partial charge >= 0.3 is 0 Å². The summed E-state index contributed by atoms with van der Waals surface area (Å²) in [6.07, 6.45) is 2.10. The van der Waals surface area contributed by atoms with Crippen LogP contribution in [0.15, 0.2) is 46.9 Å². The predicted molar refractivity (Wildman–Crippen MR) is 90.5 cm³/mol. The number of carbonyl (C=O) groups excluding carboxylic acids is 1. The van der Waals surface area contributed by atoms with Crippen LogP contribution in [0.1, 0.15) is 23.4 Å². The third kappa shape index (κ3) is 4.27. The van der Waals surface area contributed by atoms with E-state index in [1.807, 2.05) is 42.3 Å². The van der Waals surface area contributed by atoms with Gasteiger partial charge in [0.2, 0.25) is 0 Å². The average Bonchev–Trinajstić information content (AvgIpc) is 3.03. The molecule has 3 rings (SSSR count). The molecule has 1 aliphatic heterocycles. The number of benzene rings is 1. The van der Waals surface area contributed by atoms with Crippen LogP contribution in [0, 0.1) is 0 Å². The van der Waals surface area contributed by atoms with Crippen LogP contribution < -0.4 is 10.1 Å². The first-order chi connectivity index (χ1) is 10.8. The smallest absolute Gasteiger partial charge is 0.290 e. The molecule has 0 bridgehead atoms. The number of hydrogen-bond acceptors (Lipinski definition) is 4. The van der Waals surface area contributed by atoms with Crippen LogP contribution in [-0.2, 0) is 0 Å². The Kier molecular flexibility index (Phi) is 6.07. The fourth-order valence-electron chi connectivity index (χ4n) is 2.65. The van der Waals surface area contributed by atoms with Gasteiger partial charge in [0, 0.05) is 25.2 Å². The number of halogens is 1. The molecule has 1 aliphatic rings. The van der Waals surface area contributed by atoms with E-state index in [-0.39, 0.29) is 18.3 Å². The molecule has 23 heavy (non-hydrogen) atoms. The molecule has 0 radical (unpaired) electrons. The van der Waals surface area contributed by atoms with Gasteiger partial charge in [0.15, 0.2) is 5.76 Å². The molecule has 0 spiro atoms. The summed E-state index contributed by atoms with van der Waals surface area (Å²) < 4.78 is 11.1. The molecule has 1 N–H and O–H groups in total. The highest BCUT2D eigenvalue weighted by atomic mass is 35.5. The molecule has 1 amide bonds. The Morgan fingerprint density at radius 3 is 2.78 bits per heavy atom. The van der Waals surface area contributed by atoms with Crippen molar-refractivity contribution in [3.63, 3.8) is 0 Å². The largest absolute Gasteiger partial charge is 0.426 e. The van der Waals surface area contributed by atoms with Crippen molar-refractivity contribution >= 4 is 18.3 Å². The standard InChI is InChI=1S/C17H20N2O3.ClH/c1-18-13-6-5-11-19(12-13)17(20)15-9-10-16(22-15)21-14-7-3-2-4-8-14;/h2-4,7-10,13,18H,5-6,11-12H2,1H3;1H. The SMILES string of the molecule is CNC1CCCN(C(=O)c2ccc(Oc3ccccc3)o2)C1.Cl. The monoisotopic (exact) mass is 336 g/mol. The minimum atomic E-state index is -0.0807. The molecular formula is C17H21ClN2O3. The van der Waals surface area contributed by atoms with Crippen LogP contribution in [0.4, 0.5) is 0 Å². The Labute approximate surface area is 142 Å². The first-order valence-corrected chi connectivity index (χ1v) is 7.55. The van der Waals surface area contributed by atoms with Gasteiger partial charge in [-0.25, -0.2) is 0 Å². The normalized spacial score (nSPS) is 17.4. The lowest BCUT2D eigenvalue weighted by atomic mass is 10.1. The Bertz CT molecular complexity index is 630. The molecule has 2 heterocycles. The van der Waals surface area contributed by atoms with Crippen molar-refractivity contribution in [2.24, 2.45) is 0 Å². The minimum Gasteiger partial charge on any atom is -0.426 e. The van der Waals surface area contributed by atoms with Crippen molar-refractivity contribution in [2.75, 3.05) is 20.1 Å². The molecule has 2 aromatic rings. The molecule has 1 fully saturated rings. The summed E-state index contributed by atoms with van der Waals surface area (Å²) in [6.45, 7) is 1.48. The van der Waals surface area contributed by atoms with Gasteiger partial charge in [-0.2, -0.15) is 0 Å². The lowest BCUT2D eigenvalue weighted by molar-refractivity contribution is 0.0661. The summed E-state index contributed by atoms with van der Waals surface area (Å²) in [7, 11) is 1.93. The van der Waals surface area contributed by atoms with Crippen LogP contribution in [0.5, 0.6) is 11.7 Å². The van der Waals surface area contributed by atoms with Crippen LogP contribution in [-0.4, -0.2) is 37.0 Å². The lowest BCUT2D eigenvalue weighted by Crippen LogP contribution is -2.46. The molecule has 1 aromatic heterocycles. The summed E-state index contributed by atoms with van der Waals surface area (Å²) >= 11 is 0. The van der Waals surface area contributed by atoms with E-state index in [4.69, 9.17) is 9.15 Å². The molecular weight excluding hydrogens is 316 g/mol. The van der Waals surface area contributed by atoms with Crippen molar-refractivity contribution in [1.82, 2.24) is 10.2 Å². The number of likely N-dealkylation sites (N-methyl/N-ethyl adjacent to an activating group) is 1. The van der Waals surface area contributed by atoms with E-state index in [1.54, 1.807) is 12.1 Å². The van der Waals surface area contributed by atoms with E-state index in [0.29, 0.717) is 30.0 Å². The Balaban J connectivity index is 0.00000192. The van der Waals surface area contributed by atoms with Gasteiger partial charge in [0.1, 0.15) is 5.75 Å². The van der Waals surface area contributed by atoms with Gasteiger partial charge in [-0.05, 0) is 38.1 Å². The molecule has 1 unspecified atom stereocenters. The van der Waals surface area contributed by atoms with Gasteiger partial charge < -0.3 is 19.4 Å². The summed E-state index contributed by atoms with van der Waals surface area (Å²) in [4.78, 5) is 14.3. The van der Waals surface area contributed by atoms with E-state index in [2.05, 4.69) is 5.32 Å². The second kappa shape index (κ2) is 8.04. The number of furan rings is 1. The highest BCUT2D eigenvalue weighted by Gasteiger charge is 2.25. The van der Waals surface area contributed by atoms with E-state index >= 15 is 0 Å². The van der Waals surface area contributed by atoms with E-state index in [1.165, 1.54) is 0 Å². The van der Waals surface area contributed by atoms with E-state index in [0.717, 1.165) is 19.4 Å². The molecule has 124 valence electrons. The van der Waals surface area contributed by atoms with Crippen LogP contribution in [0.2, 0.25) is 0 Å². The van der Waals surface area contributed by atoms with Gasteiger partial charge in [0.25, 0.3) is 11.9 Å². The van der Waals surface area contributed by atoms with Crippen molar-refractivity contribution < 1.29 is 13.9 Å². The third-order valence-corrected chi connectivity index (χ3v) is 3.87. The first-order valence-electron chi connectivity index (χ1n) is 7.55. The quantitative estimate of drug-likeness (QED) is 0.930. The van der Waals surface area contributed by atoms with Crippen LogP contribution in [0.25, 0.3) is 0 Å². The number of carbonyl (C=O) groups is 1. The highest BCUT2D eigenvalue weighted by molar-refractivity contribution is 5.91. The topological polar surface area (TPSA) is 54.7 Å². The maximum atomic E-state index is 12.5. The molecule has 0 saturated carbocycles. The van der Waals surface area contributed by atoms with Gasteiger partial charge in [-0.3, -0.25) is 4.79 Å². The second-order valence-electron chi connectivity index (χ2n) is 5.41. The number of likely N-dealkylation sites (tertiary alicyclic amines) is 1. The summed E-state index contributed by atoms with van der Waals surface area (Å²) in [5.74, 6) is 1.26. The zero-order chi connectivity index (χ0) is 15.4. The fourth-order valence-corrected chi connectivity index (χ4v) is 2.65. The summed E-state index contributed by atoms with van der Waals surface area (Å²) in [5.41, 5.74) is 0. The van der Waals surface area contributed by atoms with Crippen molar-refractivity contribution in [2.45, 2.75) is 18.9 Å². The third-order valence-electron chi connectivity index (χ3n) is 3.87. The number of piperidine rings is 1. The zero-order valence-electron chi connectivity index (χ0n) is 13.0. The molecule has 1 aromatic carbocycles. The Hall–Kier alpha value is -1.98. The maximum Gasteiger partial charge on any atom is 0.290 e. The lowest BCUT2D eigenvalue weighted by Gasteiger charge is -2.31. The number of nitrogens with zero attached hydrogens (tertiary/aromatic N) is 1. The number of amides is 1. The Morgan fingerprint density at radius 1 is 1.26 bits per heavy atom. The van der Waals surface area contributed by atoms with Gasteiger partial charge in [0.05, 0.1) is 0 Å². The minimum absolute atomic E-state index is 0. The van der Waals surface area contributed by atoms with Crippen LogP contribution >= 0.6 is 12.4 Å². The van der Waals surface area contributed by atoms with Gasteiger partial charge in [-0.15, -0.1) is 12.4 Å². The number of nitrogens with one attached hydrogen (secondary N) is 1. The van der Waals surface area contributed by atoms with Crippen molar-refractivity contribution in [3.05, 3.63) is 48.2 Å². The number of para-hydroxylation sites is 1. The molecule has 1 atom stereocenters. The molecule has 0 aliphatic carbocycles. The number of hydrogen-bond donors (Lipinski definition) is 1. The summed E-state index contributed by atoms with van der Waals surface area (Å²) in [6, 6.07) is 13.1. The fraction of sp³-hybridized carbons (Fsp3) is 0.353. The second-order valence-corrected chi connectivity index (χ2v) is 5.41. The average molecular weight is 337 g/mol.